The number of hydrazine groups is 1. The summed E-state index contributed by atoms with van der Waals surface area (Å²) in [6.45, 7) is 1.53. The number of halogens is 3. The van der Waals surface area contributed by atoms with E-state index in [1.54, 1.807) is 42.5 Å². The van der Waals surface area contributed by atoms with E-state index in [0.717, 1.165) is 10.0 Å². The number of Topliss-reactive ketones (excluding diaryl/α,β-unsaturated/α-hetero) is 1. The van der Waals surface area contributed by atoms with Gasteiger partial charge in [-0.25, -0.2) is 5.01 Å². The second-order valence-corrected chi connectivity index (χ2v) is 11.1. The van der Waals surface area contributed by atoms with Gasteiger partial charge in [0, 0.05) is 25.8 Å². The molecule has 0 unspecified atom stereocenters. The van der Waals surface area contributed by atoms with Crippen LogP contribution in [0.3, 0.4) is 0 Å². The van der Waals surface area contributed by atoms with Crippen molar-refractivity contribution in [2.24, 2.45) is 11.8 Å². The van der Waals surface area contributed by atoms with Gasteiger partial charge in [-0.3, -0.25) is 19.2 Å². The molecule has 1 heterocycles. The van der Waals surface area contributed by atoms with E-state index in [4.69, 9.17) is 11.6 Å². The highest BCUT2D eigenvalue weighted by Gasteiger charge is 2.55. The number of fused-ring (bicyclic) bond motifs is 1. The number of benzene rings is 2. The molecule has 2 fully saturated rings. The largest absolute Gasteiger partial charge is 0.292 e. The zero-order valence-corrected chi connectivity index (χ0v) is 21.6. The molecule has 2 aromatic rings. The Hall–Kier alpha value is -2.03. The fourth-order valence-corrected chi connectivity index (χ4v) is 5.77. The zero-order chi connectivity index (χ0) is 23.9. The molecule has 33 heavy (non-hydrogen) atoms. The van der Waals surface area contributed by atoms with E-state index in [2.05, 4.69) is 31.9 Å². The molecule has 1 saturated heterocycles. The summed E-state index contributed by atoms with van der Waals surface area (Å²) in [5.41, 5.74) is 0.607. The lowest BCUT2D eigenvalue weighted by molar-refractivity contribution is -0.156. The van der Waals surface area contributed by atoms with E-state index in [-0.39, 0.29) is 21.0 Å². The van der Waals surface area contributed by atoms with Gasteiger partial charge in [0.05, 0.1) is 11.8 Å². The number of hydrogen-bond donors (Lipinski definition) is 0. The van der Waals surface area contributed by atoms with Crippen LogP contribution in [0.5, 0.6) is 0 Å². The molecule has 2 aromatic carbocycles. The van der Waals surface area contributed by atoms with Gasteiger partial charge in [0.2, 0.25) is 0 Å². The fourth-order valence-electron chi connectivity index (χ4n) is 4.41. The molecule has 2 aliphatic rings. The Morgan fingerprint density at radius 3 is 1.94 bits per heavy atom. The molecule has 1 saturated carbocycles. The van der Waals surface area contributed by atoms with E-state index in [9.17, 15) is 19.2 Å². The molecule has 0 bridgehead atoms. The van der Waals surface area contributed by atoms with Gasteiger partial charge in [0.25, 0.3) is 17.7 Å². The van der Waals surface area contributed by atoms with Gasteiger partial charge in [-0.2, -0.15) is 5.01 Å². The standard InChI is InChI=1S/C24H21Br2ClN2O4/c1-13(21(30)14-5-3-2-4-6-14)28(22(31)15-7-9-16(27)10-8-15)29-23(32)17-11-19(25)20(26)12-18(17)24(29)33/h2-10,13,17-20H,11-12H2,1H3/t13-,17-,18-,19-,20+/m1/s1. The van der Waals surface area contributed by atoms with E-state index >= 15 is 0 Å². The predicted octanol–water partition coefficient (Wildman–Crippen LogP) is 4.89. The Bertz CT molecular complexity index is 1070. The molecule has 0 aromatic heterocycles. The van der Waals surface area contributed by atoms with Crippen molar-refractivity contribution in [3.05, 3.63) is 70.7 Å². The number of amides is 3. The average molecular weight is 597 g/mol. The Morgan fingerprint density at radius 2 is 1.42 bits per heavy atom. The van der Waals surface area contributed by atoms with Gasteiger partial charge in [-0.05, 0) is 44.0 Å². The summed E-state index contributed by atoms with van der Waals surface area (Å²) in [5.74, 6) is -2.99. The first-order valence-electron chi connectivity index (χ1n) is 10.5. The van der Waals surface area contributed by atoms with Crippen molar-refractivity contribution in [1.82, 2.24) is 10.0 Å². The van der Waals surface area contributed by atoms with E-state index in [1.165, 1.54) is 19.1 Å². The number of carbonyl (C=O) groups excluding carboxylic acids is 4. The third-order valence-electron chi connectivity index (χ3n) is 6.21. The molecule has 4 rings (SSSR count). The fraction of sp³-hybridized carbons (Fsp3) is 0.333. The van der Waals surface area contributed by atoms with E-state index in [1.807, 2.05) is 0 Å². The second kappa shape index (κ2) is 9.68. The topological polar surface area (TPSA) is 74.8 Å². The highest BCUT2D eigenvalue weighted by molar-refractivity contribution is 9.12. The van der Waals surface area contributed by atoms with Gasteiger partial charge in [-0.15, -0.1) is 0 Å². The monoisotopic (exact) mass is 594 g/mol. The lowest BCUT2D eigenvalue weighted by Gasteiger charge is -2.34. The molecule has 3 amide bonds. The van der Waals surface area contributed by atoms with Crippen molar-refractivity contribution in [2.45, 2.75) is 35.5 Å². The molecule has 6 nitrogen and oxygen atoms in total. The Kier molecular flexibility index (Phi) is 7.07. The van der Waals surface area contributed by atoms with Gasteiger partial charge >= 0.3 is 0 Å². The average Bonchev–Trinajstić information content (AvgIpc) is 3.04. The summed E-state index contributed by atoms with van der Waals surface area (Å²) >= 11 is 13.1. The Balaban J connectivity index is 1.74. The number of nitrogens with zero attached hydrogens (tertiary/aromatic N) is 2. The van der Waals surface area contributed by atoms with Crippen LogP contribution in [-0.2, 0) is 9.59 Å². The third-order valence-corrected chi connectivity index (χ3v) is 9.19. The smallest absolute Gasteiger partial charge is 0.273 e. The van der Waals surface area contributed by atoms with E-state index < -0.39 is 35.6 Å². The lowest BCUT2D eigenvalue weighted by atomic mass is 9.81. The molecule has 0 spiro atoms. The summed E-state index contributed by atoms with van der Waals surface area (Å²) in [6.07, 6.45) is 0.928. The first-order chi connectivity index (χ1) is 15.7. The minimum Gasteiger partial charge on any atom is -0.292 e. The number of hydrogen-bond acceptors (Lipinski definition) is 4. The van der Waals surface area contributed by atoms with Crippen LogP contribution in [0.1, 0.15) is 40.5 Å². The molecule has 5 atom stereocenters. The maximum atomic E-state index is 13.6. The van der Waals surface area contributed by atoms with Crippen LogP contribution >= 0.6 is 43.5 Å². The summed E-state index contributed by atoms with van der Waals surface area (Å²) in [4.78, 5) is 53.8. The molecular weight excluding hydrogens is 576 g/mol. The van der Waals surface area contributed by atoms with Crippen LogP contribution in [-0.4, -0.2) is 49.2 Å². The molecule has 1 aliphatic carbocycles. The number of alkyl halides is 2. The quantitative estimate of drug-likeness (QED) is 0.280. The number of ketones is 1. The van der Waals surface area contributed by atoms with Crippen LogP contribution in [0.2, 0.25) is 5.02 Å². The zero-order valence-electron chi connectivity index (χ0n) is 17.7. The van der Waals surface area contributed by atoms with E-state index in [0.29, 0.717) is 23.4 Å². The molecule has 172 valence electrons. The van der Waals surface area contributed by atoms with Gasteiger partial charge in [0.15, 0.2) is 5.78 Å². The maximum Gasteiger partial charge on any atom is 0.273 e. The van der Waals surface area contributed by atoms with Crippen LogP contribution in [0, 0.1) is 11.8 Å². The van der Waals surface area contributed by atoms with Crippen molar-refractivity contribution >= 4 is 67.0 Å². The van der Waals surface area contributed by atoms with Gasteiger partial charge in [0.1, 0.15) is 6.04 Å². The van der Waals surface area contributed by atoms with Crippen LogP contribution < -0.4 is 0 Å². The van der Waals surface area contributed by atoms with Crippen LogP contribution in [0.4, 0.5) is 0 Å². The minimum absolute atomic E-state index is 0.0271. The van der Waals surface area contributed by atoms with Crippen LogP contribution in [0.25, 0.3) is 0 Å². The SMILES string of the molecule is C[C@H](C(=O)c1ccccc1)N(C(=O)c1ccc(Cl)cc1)N1C(=O)[C@@H]2C[C@@H](Br)[C@@H](Br)C[C@H]2C1=O. The highest BCUT2D eigenvalue weighted by atomic mass is 79.9. The first kappa shape index (κ1) is 24.1. The van der Waals surface area contributed by atoms with Crippen molar-refractivity contribution in [1.29, 1.82) is 0 Å². The highest BCUT2D eigenvalue weighted by Crippen LogP contribution is 2.44. The number of carbonyl (C=O) groups is 4. The first-order valence-corrected chi connectivity index (χ1v) is 12.8. The normalized spacial score (nSPS) is 25.5. The van der Waals surface area contributed by atoms with Gasteiger partial charge < -0.3 is 0 Å². The Morgan fingerprint density at radius 1 is 0.909 bits per heavy atom. The number of imide groups is 1. The predicted molar refractivity (Wildman–Crippen MR) is 131 cm³/mol. The maximum absolute atomic E-state index is 13.6. The summed E-state index contributed by atoms with van der Waals surface area (Å²) in [5, 5.41) is 2.37. The summed E-state index contributed by atoms with van der Waals surface area (Å²) in [6, 6.07) is 13.5. The summed E-state index contributed by atoms with van der Waals surface area (Å²) < 4.78 is 0. The van der Waals surface area contributed by atoms with Crippen molar-refractivity contribution in [2.75, 3.05) is 0 Å². The van der Waals surface area contributed by atoms with Crippen molar-refractivity contribution in [3.63, 3.8) is 0 Å². The second-order valence-electron chi connectivity index (χ2n) is 8.27. The molecule has 9 heteroatoms. The molecule has 0 radical (unpaired) electrons. The molecular formula is C24H21Br2ClN2O4. The third kappa shape index (κ3) is 4.53. The van der Waals surface area contributed by atoms with Crippen molar-refractivity contribution in [3.8, 4) is 0 Å². The van der Waals surface area contributed by atoms with Crippen LogP contribution in [0.15, 0.2) is 54.6 Å². The number of rotatable bonds is 5. The minimum atomic E-state index is -1.08. The van der Waals surface area contributed by atoms with Gasteiger partial charge in [-0.1, -0.05) is 73.8 Å². The Labute approximate surface area is 213 Å². The van der Waals surface area contributed by atoms with Crippen molar-refractivity contribution < 1.29 is 19.2 Å². The summed E-state index contributed by atoms with van der Waals surface area (Å²) in [7, 11) is 0. The molecule has 0 N–H and O–H groups in total. The molecule has 1 aliphatic heterocycles. The lowest BCUT2D eigenvalue weighted by Crippen LogP contribution is -2.56.